The van der Waals surface area contributed by atoms with Crippen molar-refractivity contribution in [2.75, 3.05) is 25.1 Å². The van der Waals surface area contributed by atoms with E-state index in [2.05, 4.69) is 10.3 Å². The van der Waals surface area contributed by atoms with E-state index in [0.29, 0.717) is 13.0 Å². The summed E-state index contributed by atoms with van der Waals surface area (Å²) in [5, 5.41) is 1.27. The molecule has 0 radical (unpaired) electrons. The number of methoxy groups -OCH3 is 1. The number of hydrogen-bond donors (Lipinski definition) is 1. The first-order chi connectivity index (χ1) is 17.6. The molecule has 8 heteroatoms. The van der Waals surface area contributed by atoms with Crippen LogP contribution in [0.1, 0.15) is 24.0 Å². The predicted octanol–water partition coefficient (Wildman–Crippen LogP) is 5.14. The Morgan fingerprint density at radius 3 is 2.25 bits per heavy atom. The third kappa shape index (κ3) is 6.91. The van der Waals surface area contributed by atoms with Gasteiger partial charge in [-0.3, -0.25) is 0 Å². The van der Waals surface area contributed by atoms with Crippen LogP contribution in [0.25, 0.3) is 0 Å². The average Bonchev–Trinajstić information content (AvgIpc) is 2.94. The fourth-order valence-electron chi connectivity index (χ4n) is 4.14. The second-order valence-corrected chi connectivity index (χ2v) is 8.53. The van der Waals surface area contributed by atoms with Crippen molar-refractivity contribution in [2.24, 2.45) is 0 Å². The molecule has 0 bridgehead atoms. The van der Waals surface area contributed by atoms with Crippen LogP contribution in [0.3, 0.4) is 0 Å². The van der Waals surface area contributed by atoms with Crippen LogP contribution in [0.2, 0.25) is 0 Å². The van der Waals surface area contributed by atoms with Gasteiger partial charge in [-0.05, 0) is 36.1 Å². The number of benzene rings is 3. The zero-order valence-electron chi connectivity index (χ0n) is 20.3. The van der Waals surface area contributed by atoms with E-state index in [-0.39, 0.29) is 19.3 Å². The van der Waals surface area contributed by atoms with Crippen LogP contribution in [0.15, 0.2) is 84.9 Å². The summed E-state index contributed by atoms with van der Waals surface area (Å²) in [5.74, 6) is 0.761. The van der Waals surface area contributed by atoms with Gasteiger partial charge in [-0.15, -0.1) is 0 Å². The Morgan fingerprint density at radius 1 is 0.917 bits per heavy atom. The molecule has 1 fully saturated rings. The first-order valence-electron chi connectivity index (χ1n) is 12.0. The molecule has 1 saturated heterocycles. The Bertz CT molecular complexity index is 1130. The lowest BCUT2D eigenvalue weighted by molar-refractivity contribution is 0.0432. The lowest BCUT2D eigenvalue weighted by Gasteiger charge is -2.39. The highest BCUT2D eigenvalue weighted by atomic mass is 16.6. The molecule has 0 aliphatic carbocycles. The number of hydrogen-bond acceptors (Lipinski definition) is 6. The van der Waals surface area contributed by atoms with Gasteiger partial charge in [0.2, 0.25) is 0 Å². The van der Waals surface area contributed by atoms with Crippen LogP contribution >= 0.6 is 0 Å². The maximum absolute atomic E-state index is 13.2. The van der Waals surface area contributed by atoms with Gasteiger partial charge < -0.3 is 19.1 Å². The number of ether oxygens (including phenoxy) is 3. The Hall–Kier alpha value is -4.20. The normalized spacial score (nSPS) is 15.0. The molecule has 36 heavy (non-hydrogen) atoms. The third-order valence-corrected chi connectivity index (χ3v) is 6.01. The molecule has 188 valence electrons. The second-order valence-electron chi connectivity index (χ2n) is 8.53. The van der Waals surface area contributed by atoms with E-state index >= 15 is 0 Å². The van der Waals surface area contributed by atoms with E-state index in [1.165, 1.54) is 5.01 Å². The topological polar surface area (TPSA) is 80.3 Å². The molecule has 8 nitrogen and oxygen atoms in total. The van der Waals surface area contributed by atoms with E-state index in [9.17, 15) is 9.59 Å². The molecule has 1 atom stereocenters. The molecule has 1 heterocycles. The molecule has 0 saturated carbocycles. The molecule has 1 N–H and O–H groups in total. The molecular formula is C28H31N3O5. The van der Waals surface area contributed by atoms with E-state index in [4.69, 9.17) is 14.2 Å². The van der Waals surface area contributed by atoms with Gasteiger partial charge in [-0.1, -0.05) is 66.7 Å². The highest BCUT2D eigenvalue weighted by molar-refractivity contribution is 5.74. The number of anilines is 1. The van der Waals surface area contributed by atoms with Crippen LogP contribution in [0.5, 0.6) is 5.75 Å². The van der Waals surface area contributed by atoms with Gasteiger partial charge in [0, 0.05) is 24.8 Å². The Morgan fingerprint density at radius 2 is 1.58 bits per heavy atom. The van der Waals surface area contributed by atoms with Crippen LogP contribution < -0.4 is 15.1 Å². The van der Waals surface area contributed by atoms with Crippen LogP contribution in [0.4, 0.5) is 15.3 Å². The van der Waals surface area contributed by atoms with Crippen molar-refractivity contribution in [1.29, 1.82) is 0 Å². The summed E-state index contributed by atoms with van der Waals surface area (Å²) >= 11 is 0. The molecule has 1 aliphatic heterocycles. The van der Waals surface area contributed by atoms with Crippen molar-refractivity contribution in [3.63, 3.8) is 0 Å². The minimum Gasteiger partial charge on any atom is -0.497 e. The third-order valence-electron chi connectivity index (χ3n) is 6.01. The molecule has 0 spiro atoms. The molecule has 0 aromatic heterocycles. The standard InChI is InChI=1S/C28H31N3O5/c1-34-26-16-8-14-24(18-26)30-17-9-15-25(19-30)31(28(33)36-21-23-12-6-3-7-13-23)29-27(32)35-20-22-10-4-2-5-11-22/h2-8,10-14,16,18,25H,9,15,17,19-21H2,1H3,(H,29,32). The monoisotopic (exact) mass is 489 g/mol. The number of rotatable bonds is 7. The number of piperidine rings is 1. The van der Waals surface area contributed by atoms with Crippen LogP contribution in [-0.2, 0) is 22.7 Å². The molecule has 4 rings (SSSR count). The molecule has 1 unspecified atom stereocenters. The molecule has 1 aliphatic rings. The van der Waals surface area contributed by atoms with Crippen molar-refractivity contribution in [3.05, 3.63) is 96.1 Å². The number of nitrogens with zero attached hydrogens (tertiary/aromatic N) is 2. The first-order valence-corrected chi connectivity index (χ1v) is 12.0. The quantitative estimate of drug-likeness (QED) is 0.463. The minimum atomic E-state index is -0.714. The smallest absolute Gasteiger partial charge is 0.429 e. The van der Waals surface area contributed by atoms with E-state index in [1.54, 1.807) is 7.11 Å². The minimum absolute atomic E-state index is 0.0974. The number of hydrazine groups is 1. The van der Waals surface area contributed by atoms with Crippen molar-refractivity contribution in [1.82, 2.24) is 10.4 Å². The molecule has 3 aromatic carbocycles. The predicted molar refractivity (Wildman–Crippen MR) is 136 cm³/mol. The molecule has 2 amide bonds. The van der Waals surface area contributed by atoms with E-state index in [0.717, 1.165) is 35.5 Å². The van der Waals surface area contributed by atoms with Gasteiger partial charge in [0.1, 0.15) is 19.0 Å². The summed E-state index contributed by atoms with van der Waals surface area (Å²) in [6, 6.07) is 26.3. The highest BCUT2D eigenvalue weighted by Crippen LogP contribution is 2.26. The van der Waals surface area contributed by atoms with Gasteiger partial charge in [-0.25, -0.2) is 20.0 Å². The zero-order valence-corrected chi connectivity index (χ0v) is 20.3. The Balaban J connectivity index is 1.45. The van der Waals surface area contributed by atoms with Gasteiger partial charge >= 0.3 is 12.2 Å². The van der Waals surface area contributed by atoms with Gasteiger partial charge in [0.15, 0.2) is 0 Å². The second kappa shape index (κ2) is 12.5. The summed E-state index contributed by atoms with van der Waals surface area (Å²) < 4.78 is 16.3. The molecule has 3 aromatic rings. The zero-order chi connectivity index (χ0) is 25.2. The van der Waals surface area contributed by atoms with Crippen molar-refractivity contribution >= 4 is 17.9 Å². The maximum atomic E-state index is 13.2. The lowest BCUT2D eigenvalue weighted by atomic mass is 10.0. The number of carbonyl (C=O) groups excluding carboxylic acids is 2. The summed E-state index contributed by atoms with van der Waals surface area (Å²) in [6.07, 6.45) is 0.201. The Labute approximate surface area is 211 Å². The van der Waals surface area contributed by atoms with E-state index < -0.39 is 12.2 Å². The number of carbonyl (C=O) groups is 2. The van der Waals surface area contributed by atoms with Gasteiger partial charge in [-0.2, -0.15) is 0 Å². The van der Waals surface area contributed by atoms with E-state index in [1.807, 2.05) is 84.9 Å². The highest BCUT2D eigenvalue weighted by Gasteiger charge is 2.32. The fraction of sp³-hybridized carbons (Fsp3) is 0.286. The van der Waals surface area contributed by atoms with Crippen LogP contribution in [-0.4, -0.2) is 43.4 Å². The van der Waals surface area contributed by atoms with Crippen molar-refractivity contribution in [2.45, 2.75) is 32.1 Å². The lowest BCUT2D eigenvalue weighted by Crippen LogP contribution is -2.57. The fourth-order valence-corrected chi connectivity index (χ4v) is 4.14. The van der Waals surface area contributed by atoms with Gasteiger partial charge in [0.05, 0.1) is 13.2 Å². The summed E-state index contributed by atoms with van der Waals surface area (Å²) in [5.41, 5.74) is 5.34. The average molecular weight is 490 g/mol. The van der Waals surface area contributed by atoms with Crippen LogP contribution in [0, 0.1) is 0 Å². The molecular weight excluding hydrogens is 458 g/mol. The number of nitrogens with one attached hydrogen (secondary N) is 1. The Kier molecular flexibility index (Phi) is 8.64. The first kappa shape index (κ1) is 24.9. The number of amides is 2. The maximum Gasteiger partial charge on any atom is 0.429 e. The van der Waals surface area contributed by atoms with Gasteiger partial charge in [0.25, 0.3) is 0 Å². The largest absolute Gasteiger partial charge is 0.497 e. The summed E-state index contributed by atoms with van der Waals surface area (Å²) in [4.78, 5) is 28.0. The van der Waals surface area contributed by atoms with Crippen molar-refractivity contribution < 1.29 is 23.8 Å². The summed E-state index contributed by atoms with van der Waals surface area (Å²) in [7, 11) is 1.63. The SMILES string of the molecule is COc1cccc(N2CCCC(N(NC(=O)OCc3ccccc3)C(=O)OCc3ccccc3)C2)c1. The van der Waals surface area contributed by atoms with Crippen molar-refractivity contribution in [3.8, 4) is 5.75 Å². The summed E-state index contributed by atoms with van der Waals surface area (Å²) in [6.45, 7) is 1.55.